The van der Waals surface area contributed by atoms with Gasteiger partial charge in [0.2, 0.25) is 0 Å². The lowest BCUT2D eigenvalue weighted by atomic mass is 10.4. The second-order valence-corrected chi connectivity index (χ2v) is 2.81. The first-order valence-electron chi connectivity index (χ1n) is 4.29. The van der Waals surface area contributed by atoms with Crippen LogP contribution in [0.25, 0.3) is 0 Å². The minimum absolute atomic E-state index is 0.351. The lowest BCUT2D eigenvalue weighted by molar-refractivity contribution is 0.0771. The Kier molecular flexibility index (Phi) is 7.89. The Balaban J connectivity index is 2.80. The van der Waals surface area contributed by atoms with Crippen LogP contribution in [0.4, 0.5) is 0 Å². The molecule has 3 nitrogen and oxygen atoms in total. The Labute approximate surface area is 69.3 Å². The van der Waals surface area contributed by atoms with Gasteiger partial charge < -0.3 is 15.8 Å². The summed E-state index contributed by atoms with van der Waals surface area (Å²) in [7, 11) is 0. The lowest BCUT2D eigenvalue weighted by Gasteiger charge is -2.07. The van der Waals surface area contributed by atoms with E-state index in [1.807, 2.05) is 13.8 Å². The van der Waals surface area contributed by atoms with Crippen molar-refractivity contribution >= 4 is 0 Å². The molecule has 0 saturated heterocycles. The molecule has 3 N–H and O–H groups in total. The van der Waals surface area contributed by atoms with Crippen molar-refractivity contribution in [1.82, 2.24) is 5.32 Å². The van der Waals surface area contributed by atoms with Gasteiger partial charge in [0, 0.05) is 19.7 Å². The Morgan fingerprint density at radius 2 is 2.09 bits per heavy atom. The van der Waals surface area contributed by atoms with Crippen molar-refractivity contribution in [3.63, 3.8) is 0 Å². The third-order valence-corrected chi connectivity index (χ3v) is 1.27. The molecule has 0 spiro atoms. The molecular formula is C8H20N2O. The zero-order chi connectivity index (χ0) is 8.53. The van der Waals surface area contributed by atoms with Crippen molar-refractivity contribution in [3.8, 4) is 0 Å². The van der Waals surface area contributed by atoms with Gasteiger partial charge >= 0.3 is 0 Å². The standard InChI is InChI=1S/C8H20N2O/c1-8(2)11-7-3-5-10-6-4-9/h8,10H,3-7,9H2,1-2H3. The molecule has 0 aromatic heterocycles. The van der Waals surface area contributed by atoms with Gasteiger partial charge in [-0.25, -0.2) is 0 Å². The quantitative estimate of drug-likeness (QED) is 0.528. The second-order valence-electron chi connectivity index (χ2n) is 2.81. The minimum atomic E-state index is 0.351. The monoisotopic (exact) mass is 160 g/mol. The van der Waals surface area contributed by atoms with E-state index in [1.165, 1.54) is 0 Å². The van der Waals surface area contributed by atoms with Crippen LogP contribution >= 0.6 is 0 Å². The van der Waals surface area contributed by atoms with Crippen molar-refractivity contribution in [1.29, 1.82) is 0 Å². The molecule has 0 aliphatic heterocycles. The summed E-state index contributed by atoms with van der Waals surface area (Å²) >= 11 is 0. The molecule has 0 heterocycles. The van der Waals surface area contributed by atoms with Crippen molar-refractivity contribution in [2.75, 3.05) is 26.2 Å². The molecule has 0 aromatic rings. The van der Waals surface area contributed by atoms with Crippen molar-refractivity contribution < 1.29 is 4.74 Å². The Morgan fingerprint density at radius 1 is 1.36 bits per heavy atom. The van der Waals surface area contributed by atoms with Crippen LogP contribution in [0.3, 0.4) is 0 Å². The summed E-state index contributed by atoms with van der Waals surface area (Å²) in [5, 5.41) is 3.20. The van der Waals surface area contributed by atoms with E-state index in [0.717, 1.165) is 26.1 Å². The van der Waals surface area contributed by atoms with Crippen LogP contribution < -0.4 is 11.1 Å². The SMILES string of the molecule is CC(C)OCCCNCCN. The van der Waals surface area contributed by atoms with E-state index in [1.54, 1.807) is 0 Å². The summed E-state index contributed by atoms with van der Waals surface area (Å²) in [6, 6.07) is 0. The van der Waals surface area contributed by atoms with E-state index in [4.69, 9.17) is 10.5 Å². The summed E-state index contributed by atoms with van der Waals surface area (Å²) in [6.45, 7) is 7.56. The topological polar surface area (TPSA) is 47.3 Å². The highest BCUT2D eigenvalue weighted by atomic mass is 16.5. The summed E-state index contributed by atoms with van der Waals surface area (Å²) in [4.78, 5) is 0. The smallest absolute Gasteiger partial charge is 0.0518 e. The Hall–Kier alpha value is -0.120. The molecule has 0 rings (SSSR count). The molecule has 0 fully saturated rings. The Bertz CT molecular complexity index is 76.5. The molecule has 0 saturated carbocycles. The van der Waals surface area contributed by atoms with Crippen molar-refractivity contribution in [2.24, 2.45) is 5.73 Å². The molecule has 0 aliphatic rings. The van der Waals surface area contributed by atoms with Crippen LogP contribution in [0.1, 0.15) is 20.3 Å². The third-order valence-electron chi connectivity index (χ3n) is 1.27. The molecular weight excluding hydrogens is 140 g/mol. The fourth-order valence-electron chi connectivity index (χ4n) is 0.743. The molecule has 0 atom stereocenters. The molecule has 3 heteroatoms. The van der Waals surface area contributed by atoms with Crippen molar-refractivity contribution in [2.45, 2.75) is 26.4 Å². The zero-order valence-corrected chi connectivity index (χ0v) is 7.60. The molecule has 0 amide bonds. The third kappa shape index (κ3) is 9.88. The number of nitrogens with two attached hydrogens (primary N) is 1. The van der Waals surface area contributed by atoms with Gasteiger partial charge in [-0.15, -0.1) is 0 Å². The van der Waals surface area contributed by atoms with Gasteiger partial charge in [-0.3, -0.25) is 0 Å². The number of hydrogen-bond acceptors (Lipinski definition) is 3. The number of hydrogen-bond donors (Lipinski definition) is 2. The van der Waals surface area contributed by atoms with Crippen LogP contribution in [0.15, 0.2) is 0 Å². The van der Waals surface area contributed by atoms with Crippen LogP contribution in [0.2, 0.25) is 0 Å². The molecule has 0 bridgehead atoms. The summed E-state index contributed by atoms with van der Waals surface area (Å²) in [5.74, 6) is 0. The van der Waals surface area contributed by atoms with Crippen LogP contribution in [-0.2, 0) is 4.74 Å². The van der Waals surface area contributed by atoms with Crippen LogP contribution in [0.5, 0.6) is 0 Å². The summed E-state index contributed by atoms with van der Waals surface area (Å²) < 4.78 is 5.35. The molecule has 0 aliphatic carbocycles. The first kappa shape index (κ1) is 10.9. The second kappa shape index (κ2) is 7.98. The van der Waals surface area contributed by atoms with Gasteiger partial charge in [0.05, 0.1) is 6.10 Å². The predicted molar refractivity (Wildman–Crippen MR) is 47.6 cm³/mol. The average molecular weight is 160 g/mol. The van der Waals surface area contributed by atoms with Gasteiger partial charge in [-0.2, -0.15) is 0 Å². The van der Waals surface area contributed by atoms with Gasteiger partial charge in [-0.1, -0.05) is 0 Å². The molecule has 0 radical (unpaired) electrons. The summed E-state index contributed by atoms with van der Waals surface area (Å²) in [6.07, 6.45) is 1.42. The Morgan fingerprint density at radius 3 is 2.64 bits per heavy atom. The maximum atomic E-state index is 5.35. The largest absolute Gasteiger partial charge is 0.379 e. The number of nitrogens with one attached hydrogen (secondary N) is 1. The zero-order valence-electron chi connectivity index (χ0n) is 7.60. The lowest BCUT2D eigenvalue weighted by Crippen LogP contribution is -2.24. The van der Waals surface area contributed by atoms with Gasteiger partial charge in [0.15, 0.2) is 0 Å². The van der Waals surface area contributed by atoms with E-state index in [0.29, 0.717) is 12.6 Å². The highest BCUT2D eigenvalue weighted by Gasteiger charge is 1.91. The number of rotatable bonds is 7. The van der Waals surface area contributed by atoms with Gasteiger partial charge in [0.25, 0.3) is 0 Å². The fourth-order valence-corrected chi connectivity index (χ4v) is 0.743. The maximum Gasteiger partial charge on any atom is 0.0518 e. The highest BCUT2D eigenvalue weighted by Crippen LogP contribution is 1.88. The molecule has 0 unspecified atom stereocenters. The van der Waals surface area contributed by atoms with Gasteiger partial charge in [0.1, 0.15) is 0 Å². The number of ether oxygens (including phenoxy) is 1. The van der Waals surface area contributed by atoms with E-state index in [9.17, 15) is 0 Å². The van der Waals surface area contributed by atoms with Crippen LogP contribution in [-0.4, -0.2) is 32.3 Å². The van der Waals surface area contributed by atoms with Gasteiger partial charge in [-0.05, 0) is 26.8 Å². The van der Waals surface area contributed by atoms with Crippen LogP contribution in [0, 0.1) is 0 Å². The maximum absolute atomic E-state index is 5.35. The fraction of sp³-hybridized carbons (Fsp3) is 1.00. The average Bonchev–Trinajstić information content (AvgIpc) is 1.96. The highest BCUT2D eigenvalue weighted by molar-refractivity contribution is 4.47. The van der Waals surface area contributed by atoms with E-state index in [2.05, 4.69) is 5.32 Å². The van der Waals surface area contributed by atoms with E-state index < -0.39 is 0 Å². The normalized spacial score (nSPS) is 10.9. The minimum Gasteiger partial charge on any atom is -0.379 e. The molecule has 68 valence electrons. The van der Waals surface area contributed by atoms with E-state index in [-0.39, 0.29) is 0 Å². The first-order chi connectivity index (χ1) is 5.27. The molecule has 11 heavy (non-hydrogen) atoms. The van der Waals surface area contributed by atoms with E-state index >= 15 is 0 Å². The van der Waals surface area contributed by atoms with Crippen molar-refractivity contribution in [3.05, 3.63) is 0 Å². The first-order valence-corrected chi connectivity index (χ1v) is 4.29. The predicted octanol–water partition coefficient (Wildman–Crippen LogP) is 0.350. The summed E-state index contributed by atoms with van der Waals surface area (Å²) in [5.41, 5.74) is 5.30. The molecule has 0 aromatic carbocycles.